The third-order valence-electron chi connectivity index (χ3n) is 3.56. The van der Waals surface area contributed by atoms with Gasteiger partial charge in [-0.2, -0.15) is 0 Å². The van der Waals surface area contributed by atoms with Gasteiger partial charge < -0.3 is 19.9 Å². The van der Waals surface area contributed by atoms with Gasteiger partial charge in [0.2, 0.25) is 0 Å². The number of rotatable bonds is 5. The normalized spacial score (nSPS) is 18.1. The van der Waals surface area contributed by atoms with Gasteiger partial charge in [0.05, 0.1) is 26.9 Å². The molecule has 0 radical (unpaired) electrons. The Morgan fingerprint density at radius 2 is 2.00 bits per heavy atom. The molecule has 0 spiro atoms. The van der Waals surface area contributed by atoms with Crippen LogP contribution in [0.1, 0.15) is 11.6 Å². The van der Waals surface area contributed by atoms with Crippen LogP contribution in [-0.4, -0.2) is 57.0 Å². The van der Waals surface area contributed by atoms with Crippen molar-refractivity contribution in [3.63, 3.8) is 0 Å². The standard InChI is InChI=1S/C14H22N2O3/c1-18-13-5-3-4-11(14(13)19-2)12(10-17)16-8-6-15-7-9-16/h3-5,12,15,17H,6-10H2,1-2H3/t12-/m1/s1. The lowest BCUT2D eigenvalue weighted by Gasteiger charge is -2.34. The molecule has 5 nitrogen and oxygen atoms in total. The van der Waals surface area contributed by atoms with Crippen molar-refractivity contribution >= 4 is 0 Å². The topological polar surface area (TPSA) is 54.0 Å². The maximum atomic E-state index is 9.76. The van der Waals surface area contributed by atoms with E-state index < -0.39 is 0 Å². The Kier molecular flexibility index (Phi) is 5.01. The minimum absolute atomic E-state index is 0.0489. The Hall–Kier alpha value is -1.30. The van der Waals surface area contributed by atoms with E-state index in [4.69, 9.17) is 9.47 Å². The molecule has 0 aliphatic carbocycles. The Balaban J connectivity index is 2.31. The van der Waals surface area contributed by atoms with Crippen LogP contribution in [0.25, 0.3) is 0 Å². The maximum absolute atomic E-state index is 9.76. The molecule has 1 saturated heterocycles. The van der Waals surface area contributed by atoms with Crippen molar-refractivity contribution < 1.29 is 14.6 Å². The molecule has 1 aliphatic rings. The summed E-state index contributed by atoms with van der Waals surface area (Å²) in [5, 5.41) is 13.1. The van der Waals surface area contributed by atoms with Gasteiger partial charge in [0.1, 0.15) is 0 Å². The van der Waals surface area contributed by atoms with Gasteiger partial charge in [0.25, 0.3) is 0 Å². The van der Waals surface area contributed by atoms with Gasteiger partial charge in [0.15, 0.2) is 11.5 Å². The first kappa shape index (κ1) is 14.1. The number of para-hydroxylation sites is 1. The molecule has 2 rings (SSSR count). The van der Waals surface area contributed by atoms with Crippen LogP contribution in [0.4, 0.5) is 0 Å². The van der Waals surface area contributed by atoms with E-state index in [1.807, 2.05) is 18.2 Å². The van der Waals surface area contributed by atoms with Crippen molar-refractivity contribution in [3.8, 4) is 11.5 Å². The number of methoxy groups -OCH3 is 2. The second-order valence-corrected chi connectivity index (χ2v) is 4.57. The Morgan fingerprint density at radius 3 is 2.58 bits per heavy atom. The second-order valence-electron chi connectivity index (χ2n) is 4.57. The largest absolute Gasteiger partial charge is 0.493 e. The molecule has 1 aromatic rings. The van der Waals surface area contributed by atoms with E-state index in [1.54, 1.807) is 14.2 Å². The lowest BCUT2D eigenvalue weighted by molar-refractivity contribution is 0.108. The maximum Gasteiger partial charge on any atom is 0.165 e. The van der Waals surface area contributed by atoms with Crippen molar-refractivity contribution in [2.75, 3.05) is 47.0 Å². The number of aliphatic hydroxyl groups is 1. The van der Waals surface area contributed by atoms with E-state index in [2.05, 4.69) is 10.2 Å². The SMILES string of the molecule is COc1cccc([C@@H](CO)N2CCNCC2)c1OC. The average Bonchev–Trinajstić information content (AvgIpc) is 2.48. The number of piperazine rings is 1. The molecule has 1 atom stereocenters. The first-order valence-electron chi connectivity index (χ1n) is 6.58. The molecule has 0 amide bonds. The summed E-state index contributed by atoms with van der Waals surface area (Å²) >= 11 is 0. The van der Waals surface area contributed by atoms with Crippen LogP contribution < -0.4 is 14.8 Å². The number of nitrogens with one attached hydrogen (secondary N) is 1. The highest BCUT2D eigenvalue weighted by molar-refractivity contribution is 5.48. The van der Waals surface area contributed by atoms with Gasteiger partial charge in [-0.25, -0.2) is 0 Å². The Morgan fingerprint density at radius 1 is 1.26 bits per heavy atom. The van der Waals surface area contributed by atoms with Gasteiger partial charge in [-0.1, -0.05) is 12.1 Å². The Bertz CT molecular complexity index is 406. The summed E-state index contributed by atoms with van der Waals surface area (Å²) in [7, 11) is 3.26. The highest BCUT2D eigenvalue weighted by atomic mass is 16.5. The first-order valence-corrected chi connectivity index (χ1v) is 6.58. The zero-order valence-corrected chi connectivity index (χ0v) is 11.6. The first-order chi connectivity index (χ1) is 9.31. The highest BCUT2D eigenvalue weighted by Crippen LogP contribution is 2.36. The quantitative estimate of drug-likeness (QED) is 0.819. The van der Waals surface area contributed by atoms with E-state index in [9.17, 15) is 5.11 Å². The van der Waals surface area contributed by atoms with E-state index in [0.717, 1.165) is 31.7 Å². The van der Waals surface area contributed by atoms with E-state index in [-0.39, 0.29) is 12.6 Å². The van der Waals surface area contributed by atoms with Crippen LogP contribution in [-0.2, 0) is 0 Å². The van der Waals surface area contributed by atoms with Crippen LogP contribution in [0.3, 0.4) is 0 Å². The summed E-state index contributed by atoms with van der Waals surface area (Å²) in [6.45, 7) is 3.81. The molecule has 0 bridgehead atoms. The molecule has 0 unspecified atom stereocenters. The number of benzene rings is 1. The fourth-order valence-corrected chi connectivity index (χ4v) is 2.58. The number of nitrogens with zero attached hydrogens (tertiary/aromatic N) is 1. The summed E-state index contributed by atoms with van der Waals surface area (Å²) in [6, 6.07) is 5.74. The number of hydrogen-bond acceptors (Lipinski definition) is 5. The van der Waals surface area contributed by atoms with Crippen molar-refractivity contribution in [2.45, 2.75) is 6.04 Å². The van der Waals surface area contributed by atoms with Gasteiger partial charge in [0, 0.05) is 31.7 Å². The van der Waals surface area contributed by atoms with Crippen molar-refractivity contribution in [1.82, 2.24) is 10.2 Å². The van der Waals surface area contributed by atoms with E-state index in [1.165, 1.54) is 0 Å². The molecular weight excluding hydrogens is 244 g/mol. The summed E-state index contributed by atoms with van der Waals surface area (Å²) in [6.07, 6.45) is 0. The molecule has 1 fully saturated rings. The Labute approximate surface area is 114 Å². The van der Waals surface area contributed by atoms with Crippen molar-refractivity contribution in [3.05, 3.63) is 23.8 Å². The lowest BCUT2D eigenvalue weighted by Crippen LogP contribution is -2.46. The zero-order valence-electron chi connectivity index (χ0n) is 11.6. The molecule has 1 heterocycles. The molecule has 106 valence electrons. The van der Waals surface area contributed by atoms with Crippen LogP contribution in [0.15, 0.2) is 18.2 Å². The highest BCUT2D eigenvalue weighted by Gasteiger charge is 2.25. The molecule has 2 N–H and O–H groups in total. The van der Waals surface area contributed by atoms with Gasteiger partial charge >= 0.3 is 0 Å². The van der Waals surface area contributed by atoms with Crippen LogP contribution in [0.2, 0.25) is 0 Å². The molecule has 0 aromatic heterocycles. The number of ether oxygens (including phenoxy) is 2. The van der Waals surface area contributed by atoms with Gasteiger partial charge in [-0.15, -0.1) is 0 Å². The van der Waals surface area contributed by atoms with Crippen LogP contribution in [0.5, 0.6) is 11.5 Å². The third-order valence-corrected chi connectivity index (χ3v) is 3.56. The molecule has 19 heavy (non-hydrogen) atoms. The lowest BCUT2D eigenvalue weighted by atomic mass is 10.0. The molecule has 5 heteroatoms. The fourth-order valence-electron chi connectivity index (χ4n) is 2.58. The fraction of sp³-hybridized carbons (Fsp3) is 0.571. The third kappa shape index (κ3) is 3.00. The molecule has 0 saturated carbocycles. The summed E-state index contributed by atoms with van der Waals surface area (Å²) in [4.78, 5) is 2.27. The smallest absolute Gasteiger partial charge is 0.165 e. The molecule has 1 aromatic carbocycles. The number of hydrogen-bond donors (Lipinski definition) is 2. The minimum atomic E-state index is -0.0489. The predicted molar refractivity (Wildman–Crippen MR) is 73.8 cm³/mol. The van der Waals surface area contributed by atoms with Crippen LogP contribution >= 0.6 is 0 Å². The summed E-state index contributed by atoms with van der Waals surface area (Å²) in [5.74, 6) is 1.41. The summed E-state index contributed by atoms with van der Waals surface area (Å²) in [5.41, 5.74) is 0.978. The summed E-state index contributed by atoms with van der Waals surface area (Å²) < 4.78 is 10.8. The van der Waals surface area contributed by atoms with Gasteiger partial charge in [-0.3, -0.25) is 4.90 Å². The zero-order chi connectivity index (χ0) is 13.7. The van der Waals surface area contributed by atoms with E-state index >= 15 is 0 Å². The minimum Gasteiger partial charge on any atom is -0.493 e. The van der Waals surface area contributed by atoms with Gasteiger partial charge in [-0.05, 0) is 6.07 Å². The van der Waals surface area contributed by atoms with Crippen LogP contribution in [0, 0.1) is 0 Å². The monoisotopic (exact) mass is 266 g/mol. The van der Waals surface area contributed by atoms with Crippen molar-refractivity contribution in [1.29, 1.82) is 0 Å². The molecule has 1 aliphatic heterocycles. The van der Waals surface area contributed by atoms with E-state index in [0.29, 0.717) is 11.5 Å². The van der Waals surface area contributed by atoms with Crippen molar-refractivity contribution in [2.24, 2.45) is 0 Å². The predicted octanol–water partition coefficient (Wildman–Crippen LogP) is 0.642. The second kappa shape index (κ2) is 6.75. The number of aliphatic hydroxyl groups excluding tert-OH is 1. The average molecular weight is 266 g/mol. The molecular formula is C14H22N2O3.